The molecule has 0 saturated carbocycles. The summed E-state index contributed by atoms with van der Waals surface area (Å²) in [6.45, 7) is -0.338. The third-order valence-electron chi connectivity index (χ3n) is 3.10. The van der Waals surface area contributed by atoms with Crippen LogP contribution in [0.3, 0.4) is 0 Å². The van der Waals surface area contributed by atoms with E-state index < -0.39 is 6.61 Å². The summed E-state index contributed by atoms with van der Waals surface area (Å²) in [5.74, 6) is 0.193. The van der Waals surface area contributed by atoms with E-state index in [1.54, 1.807) is 30.3 Å². The van der Waals surface area contributed by atoms with E-state index >= 15 is 0 Å². The third kappa shape index (κ3) is 4.69. The van der Waals surface area contributed by atoms with Crippen LogP contribution in [0.15, 0.2) is 48.5 Å². The molecular formula is C16H16ClF2NO. The molecule has 0 fully saturated rings. The standard InChI is InChI=1S/C16H16ClF2NO/c1-11(20-10-12-5-4-6-13(17)9-12)14-7-2-3-8-15(14)21-16(18)19/h2-9,11,16,20H,10H2,1H3. The van der Waals surface area contributed by atoms with Crippen molar-refractivity contribution in [2.45, 2.75) is 26.1 Å². The molecule has 0 bridgehead atoms. The van der Waals surface area contributed by atoms with Gasteiger partial charge in [-0.3, -0.25) is 0 Å². The van der Waals surface area contributed by atoms with Gasteiger partial charge in [-0.25, -0.2) is 0 Å². The number of hydrogen-bond donors (Lipinski definition) is 1. The first kappa shape index (κ1) is 15.7. The molecule has 0 radical (unpaired) electrons. The first-order valence-corrected chi connectivity index (χ1v) is 6.95. The molecule has 21 heavy (non-hydrogen) atoms. The van der Waals surface area contributed by atoms with Gasteiger partial charge in [0.2, 0.25) is 0 Å². The number of benzene rings is 2. The molecule has 0 aliphatic carbocycles. The van der Waals surface area contributed by atoms with Gasteiger partial charge in [-0.2, -0.15) is 8.78 Å². The highest BCUT2D eigenvalue weighted by atomic mass is 35.5. The smallest absolute Gasteiger partial charge is 0.387 e. The SMILES string of the molecule is CC(NCc1cccc(Cl)c1)c1ccccc1OC(F)F. The number of halogens is 3. The zero-order chi connectivity index (χ0) is 15.2. The molecule has 5 heteroatoms. The van der Waals surface area contributed by atoms with Gasteiger partial charge in [0.25, 0.3) is 0 Å². The van der Waals surface area contributed by atoms with E-state index in [0.717, 1.165) is 5.56 Å². The highest BCUT2D eigenvalue weighted by Crippen LogP contribution is 2.26. The summed E-state index contributed by atoms with van der Waals surface area (Å²) in [4.78, 5) is 0. The third-order valence-corrected chi connectivity index (χ3v) is 3.34. The number of rotatable bonds is 6. The number of nitrogens with one attached hydrogen (secondary N) is 1. The molecular weight excluding hydrogens is 296 g/mol. The predicted molar refractivity (Wildman–Crippen MR) is 79.8 cm³/mol. The van der Waals surface area contributed by atoms with Crippen molar-refractivity contribution in [1.82, 2.24) is 5.32 Å². The van der Waals surface area contributed by atoms with E-state index in [1.807, 2.05) is 25.1 Å². The Balaban J connectivity index is 2.04. The van der Waals surface area contributed by atoms with Gasteiger partial charge in [0.1, 0.15) is 5.75 Å². The van der Waals surface area contributed by atoms with Gasteiger partial charge in [0, 0.05) is 23.2 Å². The minimum absolute atomic E-state index is 0.126. The summed E-state index contributed by atoms with van der Waals surface area (Å²) >= 11 is 5.93. The summed E-state index contributed by atoms with van der Waals surface area (Å²) in [5, 5.41) is 3.94. The second-order valence-electron chi connectivity index (χ2n) is 4.65. The highest BCUT2D eigenvalue weighted by Gasteiger charge is 2.14. The summed E-state index contributed by atoms with van der Waals surface area (Å²) in [7, 11) is 0. The fraction of sp³-hybridized carbons (Fsp3) is 0.250. The molecule has 1 N–H and O–H groups in total. The van der Waals surface area contributed by atoms with Crippen molar-refractivity contribution in [2.24, 2.45) is 0 Å². The van der Waals surface area contributed by atoms with Crippen LogP contribution in [0.4, 0.5) is 8.78 Å². The van der Waals surface area contributed by atoms with E-state index in [0.29, 0.717) is 17.1 Å². The molecule has 0 aliphatic rings. The molecule has 2 nitrogen and oxygen atoms in total. The average molecular weight is 312 g/mol. The van der Waals surface area contributed by atoms with Crippen molar-refractivity contribution in [2.75, 3.05) is 0 Å². The fourth-order valence-electron chi connectivity index (χ4n) is 2.07. The summed E-state index contributed by atoms with van der Waals surface area (Å²) in [6.07, 6.45) is 0. The van der Waals surface area contributed by atoms with Crippen LogP contribution < -0.4 is 10.1 Å². The van der Waals surface area contributed by atoms with E-state index in [-0.39, 0.29) is 11.8 Å². The molecule has 2 aromatic rings. The largest absolute Gasteiger partial charge is 0.434 e. The first-order chi connectivity index (χ1) is 10.1. The molecule has 0 aliphatic heterocycles. The van der Waals surface area contributed by atoms with Crippen molar-refractivity contribution in [3.63, 3.8) is 0 Å². The Kier molecular flexibility index (Phi) is 5.53. The number of alkyl halides is 2. The van der Waals surface area contributed by atoms with E-state index in [1.165, 1.54) is 0 Å². The molecule has 0 spiro atoms. The summed E-state index contributed by atoms with van der Waals surface area (Å²) < 4.78 is 29.3. The minimum atomic E-state index is -2.83. The van der Waals surface area contributed by atoms with Gasteiger partial charge in [-0.15, -0.1) is 0 Å². The van der Waals surface area contributed by atoms with Gasteiger partial charge in [-0.05, 0) is 30.7 Å². The Morgan fingerprint density at radius 2 is 1.90 bits per heavy atom. The van der Waals surface area contributed by atoms with Crippen LogP contribution in [-0.4, -0.2) is 6.61 Å². The van der Waals surface area contributed by atoms with Crippen LogP contribution in [0.25, 0.3) is 0 Å². The molecule has 0 amide bonds. The lowest BCUT2D eigenvalue weighted by atomic mass is 10.1. The van der Waals surface area contributed by atoms with Gasteiger partial charge >= 0.3 is 6.61 Å². The van der Waals surface area contributed by atoms with Crippen LogP contribution in [0, 0.1) is 0 Å². The molecule has 0 heterocycles. The molecule has 0 aromatic heterocycles. The predicted octanol–water partition coefficient (Wildman–Crippen LogP) is 4.79. The Morgan fingerprint density at radius 3 is 2.62 bits per heavy atom. The van der Waals surface area contributed by atoms with Crippen molar-refractivity contribution in [1.29, 1.82) is 0 Å². The zero-order valence-electron chi connectivity index (χ0n) is 11.5. The van der Waals surface area contributed by atoms with Crippen LogP contribution in [0.1, 0.15) is 24.1 Å². The van der Waals surface area contributed by atoms with Gasteiger partial charge in [0.15, 0.2) is 0 Å². The maximum atomic E-state index is 12.4. The van der Waals surface area contributed by atoms with Gasteiger partial charge in [0.05, 0.1) is 0 Å². The molecule has 2 aromatic carbocycles. The van der Waals surface area contributed by atoms with E-state index in [9.17, 15) is 8.78 Å². The number of ether oxygens (including phenoxy) is 1. The zero-order valence-corrected chi connectivity index (χ0v) is 12.3. The lowest BCUT2D eigenvalue weighted by Gasteiger charge is -2.18. The normalized spacial score (nSPS) is 12.4. The van der Waals surface area contributed by atoms with Crippen LogP contribution in [0.2, 0.25) is 5.02 Å². The quantitative estimate of drug-likeness (QED) is 0.828. The maximum Gasteiger partial charge on any atom is 0.387 e. The van der Waals surface area contributed by atoms with Crippen molar-refractivity contribution in [3.05, 3.63) is 64.7 Å². The van der Waals surface area contributed by atoms with Crippen molar-refractivity contribution in [3.8, 4) is 5.75 Å². The van der Waals surface area contributed by atoms with Crippen LogP contribution in [-0.2, 0) is 6.54 Å². The Hall–Kier alpha value is -1.65. The number of para-hydroxylation sites is 1. The topological polar surface area (TPSA) is 21.3 Å². The lowest BCUT2D eigenvalue weighted by Crippen LogP contribution is -2.19. The van der Waals surface area contributed by atoms with E-state index in [2.05, 4.69) is 10.1 Å². The second kappa shape index (κ2) is 7.38. The molecule has 1 unspecified atom stereocenters. The highest BCUT2D eigenvalue weighted by molar-refractivity contribution is 6.30. The second-order valence-corrected chi connectivity index (χ2v) is 5.09. The Morgan fingerprint density at radius 1 is 1.14 bits per heavy atom. The fourth-order valence-corrected chi connectivity index (χ4v) is 2.28. The van der Waals surface area contributed by atoms with Crippen molar-refractivity contribution < 1.29 is 13.5 Å². The van der Waals surface area contributed by atoms with Gasteiger partial charge < -0.3 is 10.1 Å². The van der Waals surface area contributed by atoms with Crippen molar-refractivity contribution >= 4 is 11.6 Å². The molecule has 0 saturated heterocycles. The summed E-state index contributed by atoms with van der Waals surface area (Å²) in [5.41, 5.74) is 1.72. The monoisotopic (exact) mass is 311 g/mol. The maximum absolute atomic E-state index is 12.4. The molecule has 112 valence electrons. The lowest BCUT2D eigenvalue weighted by molar-refractivity contribution is -0.0506. The number of hydrogen-bond acceptors (Lipinski definition) is 2. The summed E-state index contributed by atoms with van der Waals surface area (Å²) in [6, 6.07) is 14.1. The van der Waals surface area contributed by atoms with Crippen LogP contribution >= 0.6 is 11.6 Å². The van der Waals surface area contributed by atoms with Crippen LogP contribution in [0.5, 0.6) is 5.75 Å². The Bertz CT molecular complexity index is 592. The first-order valence-electron chi connectivity index (χ1n) is 6.58. The average Bonchev–Trinajstić information content (AvgIpc) is 2.45. The molecule has 1 atom stereocenters. The molecule has 2 rings (SSSR count). The van der Waals surface area contributed by atoms with E-state index in [4.69, 9.17) is 11.6 Å². The minimum Gasteiger partial charge on any atom is -0.434 e. The van der Waals surface area contributed by atoms with Gasteiger partial charge in [-0.1, -0.05) is 41.9 Å². The Labute approximate surface area is 127 Å².